The van der Waals surface area contributed by atoms with E-state index in [1.165, 1.54) is 4.90 Å². The second-order valence-electron chi connectivity index (χ2n) is 3.98. The Morgan fingerprint density at radius 3 is 2.65 bits per heavy atom. The van der Waals surface area contributed by atoms with Crippen molar-refractivity contribution in [1.29, 1.82) is 0 Å². The topological polar surface area (TPSA) is 113 Å². The van der Waals surface area contributed by atoms with Gasteiger partial charge in [0.1, 0.15) is 6.04 Å². The summed E-state index contributed by atoms with van der Waals surface area (Å²) < 4.78 is 0. The van der Waals surface area contributed by atoms with Gasteiger partial charge in [0.05, 0.1) is 6.42 Å². The first-order chi connectivity index (χ1) is 8.02. The Bertz CT molecular complexity index is 319. The Hall–Kier alpha value is -1.79. The summed E-state index contributed by atoms with van der Waals surface area (Å²) in [7, 11) is 0. The lowest BCUT2D eigenvalue weighted by atomic mass is 10.0. The third kappa shape index (κ3) is 3.93. The van der Waals surface area contributed by atoms with E-state index in [1.54, 1.807) is 0 Å². The highest BCUT2D eigenvalue weighted by Crippen LogP contribution is 2.16. The first-order valence-electron chi connectivity index (χ1n) is 5.58. The number of carboxylic acid groups (broad SMARTS) is 1. The van der Waals surface area contributed by atoms with Gasteiger partial charge >= 0.3 is 12.0 Å². The minimum atomic E-state index is -0.976. The number of nitrogens with zero attached hydrogens (tertiary/aromatic N) is 1. The van der Waals surface area contributed by atoms with Crippen LogP contribution in [0.15, 0.2) is 0 Å². The van der Waals surface area contributed by atoms with E-state index in [0.29, 0.717) is 13.0 Å². The van der Waals surface area contributed by atoms with Gasteiger partial charge in [0, 0.05) is 13.1 Å². The fourth-order valence-electron chi connectivity index (χ4n) is 1.85. The number of nitrogens with two attached hydrogens (primary N) is 1. The molecule has 3 amide bonds. The lowest BCUT2D eigenvalue weighted by Crippen LogP contribution is -2.53. The number of carbonyl (C=O) groups excluding carboxylic acids is 2. The van der Waals surface area contributed by atoms with Crippen molar-refractivity contribution in [2.75, 3.05) is 13.1 Å². The molecule has 4 N–H and O–H groups in total. The van der Waals surface area contributed by atoms with Crippen molar-refractivity contribution in [1.82, 2.24) is 10.2 Å². The molecule has 1 saturated heterocycles. The minimum Gasteiger partial charge on any atom is -0.481 e. The number of carboxylic acids is 1. The van der Waals surface area contributed by atoms with Gasteiger partial charge in [-0.15, -0.1) is 0 Å². The molecular weight excluding hydrogens is 226 g/mol. The highest BCUT2D eigenvalue weighted by Gasteiger charge is 2.30. The molecule has 0 spiro atoms. The molecule has 1 aliphatic heterocycles. The molecule has 1 atom stereocenters. The van der Waals surface area contributed by atoms with E-state index in [1.807, 2.05) is 0 Å². The smallest absolute Gasteiger partial charge is 0.318 e. The Labute approximate surface area is 98.9 Å². The highest BCUT2D eigenvalue weighted by molar-refractivity contribution is 5.86. The van der Waals surface area contributed by atoms with Crippen LogP contribution in [-0.2, 0) is 9.59 Å². The zero-order valence-corrected chi connectivity index (χ0v) is 9.52. The molecule has 7 nitrogen and oxygen atoms in total. The number of carbonyl (C=O) groups is 3. The molecule has 17 heavy (non-hydrogen) atoms. The van der Waals surface area contributed by atoms with E-state index in [2.05, 4.69) is 5.32 Å². The van der Waals surface area contributed by atoms with Gasteiger partial charge in [-0.05, 0) is 19.3 Å². The third-order valence-corrected chi connectivity index (χ3v) is 2.71. The van der Waals surface area contributed by atoms with E-state index in [-0.39, 0.29) is 13.0 Å². The molecule has 0 aromatic rings. The van der Waals surface area contributed by atoms with Crippen molar-refractivity contribution in [3.05, 3.63) is 0 Å². The fourth-order valence-corrected chi connectivity index (χ4v) is 1.85. The molecule has 7 heteroatoms. The van der Waals surface area contributed by atoms with Gasteiger partial charge in [0.15, 0.2) is 0 Å². The second-order valence-corrected chi connectivity index (χ2v) is 3.98. The van der Waals surface area contributed by atoms with E-state index in [4.69, 9.17) is 10.8 Å². The van der Waals surface area contributed by atoms with Gasteiger partial charge in [-0.3, -0.25) is 9.59 Å². The molecule has 0 saturated carbocycles. The van der Waals surface area contributed by atoms with Crippen LogP contribution >= 0.6 is 0 Å². The first-order valence-corrected chi connectivity index (χ1v) is 5.58. The summed E-state index contributed by atoms with van der Waals surface area (Å²) in [6.07, 6.45) is 2.13. The van der Waals surface area contributed by atoms with Crippen LogP contribution in [0.5, 0.6) is 0 Å². The summed E-state index contributed by atoms with van der Waals surface area (Å²) in [6.45, 7) is 0.530. The second kappa shape index (κ2) is 6.07. The van der Waals surface area contributed by atoms with Crippen molar-refractivity contribution in [2.24, 2.45) is 5.73 Å². The molecule has 0 aromatic carbocycles. The molecule has 0 aromatic heterocycles. The Morgan fingerprint density at radius 2 is 2.06 bits per heavy atom. The van der Waals surface area contributed by atoms with Gasteiger partial charge in [-0.1, -0.05) is 0 Å². The van der Waals surface area contributed by atoms with Crippen molar-refractivity contribution < 1.29 is 19.5 Å². The van der Waals surface area contributed by atoms with Crippen molar-refractivity contribution in [3.8, 4) is 0 Å². The monoisotopic (exact) mass is 243 g/mol. The van der Waals surface area contributed by atoms with Gasteiger partial charge < -0.3 is 21.1 Å². The summed E-state index contributed by atoms with van der Waals surface area (Å²) in [4.78, 5) is 34.5. The quantitative estimate of drug-likeness (QED) is 0.618. The Balaban J connectivity index is 2.47. The largest absolute Gasteiger partial charge is 0.481 e. The number of primary amides is 1. The molecule has 1 fully saturated rings. The van der Waals surface area contributed by atoms with Crippen LogP contribution in [0.25, 0.3) is 0 Å². The molecule has 1 unspecified atom stereocenters. The molecule has 96 valence electrons. The lowest BCUT2D eigenvalue weighted by Gasteiger charge is -2.33. The number of likely N-dealkylation sites (tertiary alicyclic amines) is 1. The van der Waals surface area contributed by atoms with E-state index < -0.39 is 23.9 Å². The predicted octanol–water partition coefficient (Wildman–Crippen LogP) is -0.489. The van der Waals surface area contributed by atoms with E-state index >= 15 is 0 Å². The van der Waals surface area contributed by atoms with Crippen LogP contribution in [0.2, 0.25) is 0 Å². The van der Waals surface area contributed by atoms with Crippen molar-refractivity contribution in [3.63, 3.8) is 0 Å². The zero-order valence-electron chi connectivity index (χ0n) is 9.52. The maximum atomic E-state index is 11.7. The van der Waals surface area contributed by atoms with Gasteiger partial charge in [-0.2, -0.15) is 0 Å². The van der Waals surface area contributed by atoms with Gasteiger partial charge in [0.25, 0.3) is 0 Å². The fraction of sp³-hybridized carbons (Fsp3) is 0.700. The molecule has 1 heterocycles. The number of hydrogen-bond donors (Lipinski definition) is 3. The minimum absolute atomic E-state index is 0.0517. The van der Waals surface area contributed by atoms with Crippen LogP contribution in [0.4, 0.5) is 4.79 Å². The number of urea groups is 1. The number of nitrogens with one attached hydrogen (secondary N) is 1. The zero-order chi connectivity index (χ0) is 12.8. The number of amides is 3. The molecule has 0 aliphatic carbocycles. The molecule has 0 bridgehead atoms. The Kier molecular flexibility index (Phi) is 4.74. The average Bonchev–Trinajstić information content (AvgIpc) is 2.28. The number of rotatable bonds is 4. The predicted molar refractivity (Wildman–Crippen MR) is 59.2 cm³/mol. The highest BCUT2D eigenvalue weighted by atomic mass is 16.4. The summed E-state index contributed by atoms with van der Waals surface area (Å²) >= 11 is 0. The molecule has 0 radical (unpaired) electrons. The SMILES string of the molecule is NC(=O)C1CCCCN1C(=O)NCCC(=O)O. The van der Waals surface area contributed by atoms with Crippen LogP contribution in [0.3, 0.4) is 0 Å². The Morgan fingerprint density at radius 1 is 1.35 bits per heavy atom. The summed E-state index contributed by atoms with van der Waals surface area (Å²) in [6, 6.07) is -0.997. The lowest BCUT2D eigenvalue weighted by molar-refractivity contribution is -0.136. The van der Waals surface area contributed by atoms with Crippen molar-refractivity contribution >= 4 is 17.9 Å². The van der Waals surface area contributed by atoms with E-state index in [9.17, 15) is 14.4 Å². The summed E-state index contributed by atoms with van der Waals surface area (Å²) in [5, 5.41) is 10.9. The standard InChI is InChI=1S/C10H17N3O4/c11-9(16)7-3-1-2-6-13(7)10(17)12-5-4-8(14)15/h7H,1-6H2,(H2,11,16)(H,12,17)(H,14,15). The number of hydrogen-bond acceptors (Lipinski definition) is 3. The molecule has 1 aliphatic rings. The average molecular weight is 243 g/mol. The number of piperidine rings is 1. The summed E-state index contributed by atoms with van der Waals surface area (Å²) in [5.41, 5.74) is 5.22. The van der Waals surface area contributed by atoms with Crippen LogP contribution in [0.1, 0.15) is 25.7 Å². The van der Waals surface area contributed by atoms with Gasteiger partial charge in [-0.25, -0.2) is 4.79 Å². The van der Waals surface area contributed by atoms with Crippen molar-refractivity contribution in [2.45, 2.75) is 31.7 Å². The maximum absolute atomic E-state index is 11.7. The molecular formula is C10H17N3O4. The molecule has 1 rings (SSSR count). The number of aliphatic carboxylic acids is 1. The van der Waals surface area contributed by atoms with Gasteiger partial charge in [0.2, 0.25) is 5.91 Å². The normalized spacial score (nSPS) is 19.8. The van der Waals surface area contributed by atoms with Crippen LogP contribution in [-0.4, -0.2) is 47.0 Å². The maximum Gasteiger partial charge on any atom is 0.318 e. The van der Waals surface area contributed by atoms with Crippen LogP contribution < -0.4 is 11.1 Å². The van der Waals surface area contributed by atoms with Crippen LogP contribution in [0, 0.1) is 0 Å². The first kappa shape index (κ1) is 13.3. The van der Waals surface area contributed by atoms with E-state index in [0.717, 1.165) is 12.8 Å². The third-order valence-electron chi connectivity index (χ3n) is 2.71. The summed E-state index contributed by atoms with van der Waals surface area (Å²) in [5.74, 6) is -1.49.